The van der Waals surface area contributed by atoms with Crippen LogP contribution in [0.25, 0.3) is 0 Å². The Morgan fingerprint density at radius 3 is 2.88 bits per heavy atom. The van der Waals surface area contributed by atoms with Gasteiger partial charge in [0, 0.05) is 11.6 Å². The lowest BCUT2D eigenvalue weighted by atomic mass is 9.55. The molecule has 0 heterocycles. The number of rotatable bonds is 1. The number of carbonyl (C=O) groups is 1. The van der Waals surface area contributed by atoms with Gasteiger partial charge in [0.25, 0.3) is 0 Å². The fourth-order valence-corrected chi connectivity index (χ4v) is 5.79. The van der Waals surface area contributed by atoms with Crippen molar-refractivity contribution in [3.63, 3.8) is 0 Å². The fraction of sp³-hybridized carbons (Fsp3) is 0.632. The van der Waals surface area contributed by atoms with Crippen molar-refractivity contribution in [1.82, 2.24) is 0 Å². The van der Waals surface area contributed by atoms with E-state index in [9.17, 15) is 15.0 Å². The summed E-state index contributed by atoms with van der Waals surface area (Å²) in [5.74, 6) is 1.84. The first-order valence-electron chi connectivity index (χ1n) is 8.76. The molecule has 0 aliphatic heterocycles. The Kier molecular flexibility index (Phi) is 3.90. The van der Waals surface area contributed by atoms with Crippen LogP contribution < -0.4 is 4.74 Å². The molecule has 0 amide bonds. The van der Waals surface area contributed by atoms with Crippen molar-refractivity contribution in [2.75, 3.05) is 0 Å². The normalized spacial score (nSPS) is 40.4. The molecule has 4 nitrogen and oxygen atoms in total. The molecule has 130 valence electrons. The topological polar surface area (TPSA) is 66.8 Å². The molecule has 1 aromatic carbocycles. The standard InChI is InChI=1S/C19H23ClO4/c1-19-7-6-13-12-5-3-11(24-18(20)23)8-10(12)2-4-14(13)15(19)9-16(21)17(19)22/h3,5,8,13-17,21-22H,2,4,6-7,9H2,1H3/t13-,14-,15+,16-,17+,19+/m1/s1. The third-order valence-electron chi connectivity index (χ3n) is 6.87. The largest absolute Gasteiger partial charge is 0.414 e. The van der Waals surface area contributed by atoms with Gasteiger partial charge in [-0.15, -0.1) is 0 Å². The first-order chi connectivity index (χ1) is 11.4. The van der Waals surface area contributed by atoms with Crippen LogP contribution in [0.2, 0.25) is 0 Å². The van der Waals surface area contributed by atoms with Crippen molar-refractivity contribution >= 4 is 17.0 Å². The van der Waals surface area contributed by atoms with E-state index in [4.69, 9.17) is 16.3 Å². The van der Waals surface area contributed by atoms with E-state index in [0.717, 1.165) is 25.7 Å². The fourth-order valence-electron chi connectivity index (χ4n) is 5.70. The Labute approximate surface area is 146 Å². The molecule has 0 bridgehead atoms. The number of carbonyl (C=O) groups excluding carboxylic acids is 1. The SMILES string of the molecule is C[C@]12CC[C@@H]3c4ccc(OC(=O)Cl)cc4CC[C@H]3[C@@H]1C[C@@H](O)[C@@H]2O. The van der Waals surface area contributed by atoms with Gasteiger partial charge in [-0.2, -0.15) is 0 Å². The smallest absolute Gasteiger partial charge is 0.409 e. The second-order valence-electron chi connectivity index (χ2n) is 7.91. The summed E-state index contributed by atoms with van der Waals surface area (Å²) in [5, 5.41) is 20.6. The van der Waals surface area contributed by atoms with Crippen LogP contribution in [0.4, 0.5) is 4.79 Å². The Hall–Kier alpha value is -1.10. The highest BCUT2D eigenvalue weighted by Gasteiger charge is 2.57. The number of hydrogen-bond acceptors (Lipinski definition) is 4. The highest BCUT2D eigenvalue weighted by molar-refractivity contribution is 6.61. The average Bonchev–Trinajstić information content (AvgIpc) is 2.77. The average molecular weight is 351 g/mol. The molecule has 2 N–H and O–H groups in total. The molecule has 0 radical (unpaired) electrons. The second-order valence-corrected chi connectivity index (χ2v) is 8.22. The molecule has 0 spiro atoms. The molecule has 3 aliphatic rings. The minimum absolute atomic E-state index is 0.161. The summed E-state index contributed by atoms with van der Waals surface area (Å²) in [6.07, 6.45) is 3.47. The summed E-state index contributed by atoms with van der Waals surface area (Å²) in [5.41, 5.74) is 1.59. The van der Waals surface area contributed by atoms with E-state index in [0.29, 0.717) is 29.9 Å². The van der Waals surface area contributed by atoms with Crippen LogP contribution in [-0.4, -0.2) is 27.8 Å². The van der Waals surface area contributed by atoms with Crippen LogP contribution in [-0.2, 0) is 6.42 Å². The number of halogens is 1. The van der Waals surface area contributed by atoms with Crippen LogP contribution in [0.1, 0.15) is 49.7 Å². The van der Waals surface area contributed by atoms with Crippen LogP contribution in [0.5, 0.6) is 5.75 Å². The van der Waals surface area contributed by atoms with E-state index in [2.05, 4.69) is 13.0 Å². The molecule has 5 heteroatoms. The number of fused-ring (bicyclic) bond motifs is 5. The quantitative estimate of drug-likeness (QED) is 0.759. The number of aryl methyl sites for hydroxylation is 1. The zero-order valence-corrected chi connectivity index (χ0v) is 14.5. The summed E-state index contributed by atoms with van der Waals surface area (Å²) in [6.45, 7) is 2.15. The van der Waals surface area contributed by atoms with Gasteiger partial charge in [0.05, 0.1) is 12.2 Å². The summed E-state index contributed by atoms with van der Waals surface area (Å²) < 4.78 is 4.99. The lowest BCUT2D eigenvalue weighted by Gasteiger charge is -2.49. The number of aliphatic hydroxyl groups excluding tert-OH is 2. The Bertz CT molecular complexity index is 675. The van der Waals surface area contributed by atoms with Gasteiger partial charge in [-0.3, -0.25) is 0 Å². The zero-order valence-electron chi connectivity index (χ0n) is 13.7. The van der Waals surface area contributed by atoms with E-state index < -0.39 is 17.6 Å². The van der Waals surface area contributed by atoms with E-state index in [1.54, 1.807) is 0 Å². The minimum atomic E-state index is -0.814. The first-order valence-corrected chi connectivity index (χ1v) is 9.14. The van der Waals surface area contributed by atoms with E-state index in [1.807, 2.05) is 12.1 Å². The molecule has 0 aromatic heterocycles. The highest BCUT2D eigenvalue weighted by atomic mass is 35.5. The van der Waals surface area contributed by atoms with E-state index in [-0.39, 0.29) is 5.41 Å². The predicted octanol–water partition coefficient (Wildman–Crippen LogP) is 3.61. The van der Waals surface area contributed by atoms with Gasteiger partial charge in [-0.25, -0.2) is 4.79 Å². The number of aliphatic hydroxyl groups is 2. The molecular weight excluding hydrogens is 328 g/mol. The lowest BCUT2D eigenvalue weighted by Crippen LogP contribution is -2.44. The molecule has 24 heavy (non-hydrogen) atoms. The van der Waals surface area contributed by atoms with Gasteiger partial charge < -0.3 is 14.9 Å². The van der Waals surface area contributed by atoms with Gasteiger partial charge in [-0.05, 0) is 78.5 Å². The molecular formula is C19H23ClO4. The highest BCUT2D eigenvalue weighted by Crippen LogP contribution is 2.60. The maximum Gasteiger partial charge on any atom is 0.409 e. The van der Waals surface area contributed by atoms with Crippen molar-refractivity contribution in [2.45, 2.75) is 57.2 Å². The third kappa shape index (κ3) is 2.39. The molecule has 0 saturated heterocycles. The van der Waals surface area contributed by atoms with Gasteiger partial charge in [0.1, 0.15) is 5.75 Å². The Balaban J connectivity index is 1.64. The van der Waals surface area contributed by atoms with Crippen molar-refractivity contribution in [3.05, 3.63) is 29.3 Å². The van der Waals surface area contributed by atoms with Gasteiger partial charge >= 0.3 is 5.43 Å². The van der Waals surface area contributed by atoms with Crippen molar-refractivity contribution in [1.29, 1.82) is 0 Å². The molecule has 2 fully saturated rings. The molecule has 1 aromatic rings. The third-order valence-corrected chi connectivity index (χ3v) is 6.95. The van der Waals surface area contributed by atoms with Gasteiger partial charge in [-0.1, -0.05) is 13.0 Å². The van der Waals surface area contributed by atoms with Crippen molar-refractivity contribution in [2.24, 2.45) is 17.3 Å². The van der Waals surface area contributed by atoms with Crippen LogP contribution in [0.15, 0.2) is 18.2 Å². The number of benzene rings is 1. The van der Waals surface area contributed by atoms with Crippen LogP contribution in [0.3, 0.4) is 0 Å². The summed E-state index contributed by atoms with van der Waals surface area (Å²) in [4.78, 5) is 10.9. The molecule has 3 aliphatic carbocycles. The summed E-state index contributed by atoms with van der Waals surface area (Å²) in [7, 11) is 0. The van der Waals surface area contributed by atoms with Gasteiger partial charge in [0.15, 0.2) is 0 Å². The second kappa shape index (κ2) is 5.72. The summed E-state index contributed by atoms with van der Waals surface area (Å²) >= 11 is 5.30. The van der Waals surface area contributed by atoms with E-state index in [1.165, 1.54) is 11.1 Å². The molecule has 0 unspecified atom stereocenters. The molecule has 4 rings (SSSR count). The van der Waals surface area contributed by atoms with E-state index >= 15 is 0 Å². The van der Waals surface area contributed by atoms with Crippen molar-refractivity contribution in [3.8, 4) is 5.75 Å². The zero-order chi connectivity index (χ0) is 17.1. The van der Waals surface area contributed by atoms with Gasteiger partial charge in [0.2, 0.25) is 0 Å². The molecule has 2 saturated carbocycles. The minimum Gasteiger partial charge on any atom is -0.414 e. The maximum absolute atomic E-state index is 10.9. The predicted molar refractivity (Wildman–Crippen MR) is 90.3 cm³/mol. The number of hydrogen-bond donors (Lipinski definition) is 2. The molecule has 6 atom stereocenters. The van der Waals surface area contributed by atoms with Crippen LogP contribution >= 0.6 is 11.6 Å². The van der Waals surface area contributed by atoms with Crippen LogP contribution in [0, 0.1) is 17.3 Å². The monoisotopic (exact) mass is 350 g/mol. The first kappa shape index (κ1) is 16.4. The Morgan fingerprint density at radius 1 is 1.33 bits per heavy atom. The Morgan fingerprint density at radius 2 is 2.12 bits per heavy atom. The van der Waals surface area contributed by atoms with Crippen molar-refractivity contribution < 1.29 is 19.7 Å². The lowest BCUT2D eigenvalue weighted by molar-refractivity contribution is -0.0505. The maximum atomic E-state index is 10.9. The summed E-state index contributed by atoms with van der Waals surface area (Å²) in [6, 6.07) is 5.80. The number of ether oxygens (including phenoxy) is 1.